The monoisotopic (exact) mass is 294 g/mol. The summed E-state index contributed by atoms with van der Waals surface area (Å²) in [4.78, 5) is 0. The first-order valence-corrected chi connectivity index (χ1v) is 7.22. The second-order valence-electron chi connectivity index (χ2n) is 5.12. The van der Waals surface area contributed by atoms with Crippen molar-refractivity contribution in [3.63, 3.8) is 0 Å². The molecule has 0 aliphatic rings. The van der Waals surface area contributed by atoms with Crippen molar-refractivity contribution < 1.29 is 9.84 Å². The van der Waals surface area contributed by atoms with E-state index in [2.05, 4.69) is 5.10 Å². The first-order chi connectivity index (χ1) is 10.8. The molecule has 22 heavy (non-hydrogen) atoms. The Bertz CT molecular complexity index is 708. The summed E-state index contributed by atoms with van der Waals surface area (Å²) in [6.45, 7) is 1.46. The van der Waals surface area contributed by atoms with Crippen molar-refractivity contribution in [3.8, 4) is 5.88 Å². The highest BCUT2D eigenvalue weighted by molar-refractivity contribution is 5.19. The molecule has 0 aliphatic heterocycles. The lowest BCUT2D eigenvalue weighted by Gasteiger charge is -2.03. The molecule has 2 aromatic carbocycles. The molecule has 4 nitrogen and oxygen atoms in total. The first-order valence-electron chi connectivity index (χ1n) is 7.22. The molecule has 0 unspecified atom stereocenters. The van der Waals surface area contributed by atoms with Crippen molar-refractivity contribution in [2.45, 2.75) is 19.8 Å². The molecular formula is C18H18N2O2. The van der Waals surface area contributed by atoms with Gasteiger partial charge in [-0.1, -0.05) is 60.7 Å². The molecule has 4 heteroatoms. The number of ether oxygens (including phenoxy) is 1. The van der Waals surface area contributed by atoms with E-state index >= 15 is 0 Å². The molecule has 1 N–H and O–H groups in total. The van der Waals surface area contributed by atoms with Gasteiger partial charge in [-0.3, -0.25) is 0 Å². The molecule has 0 spiro atoms. The lowest BCUT2D eigenvalue weighted by molar-refractivity contribution is 0.104. The number of aromatic nitrogens is 2. The fraction of sp³-hybridized carbons (Fsp3) is 0.167. The van der Waals surface area contributed by atoms with E-state index in [0.29, 0.717) is 19.8 Å². The van der Waals surface area contributed by atoms with Crippen LogP contribution in [0, 0.1) is 0 Å². The van der Waals surface area contributed by atoms with Gasteiger partial charge in [-0.15, -0.1) is 0 Å². The lowest BCUT2D eigenvalue weighted by Crippen LogP contribution is -2.02. The molecule has 3 rings (SSSR count). The van der Waals surface area contributed by atoms with E-state index in [0.717, 1.165) is 16.8 Å². The molecule has 0 saturated heterocycles. The third kappa shape index (κ3) is 3.74. The normalized spacial score (nSPS) is 10.7. The third-order valence-electron chi connectivity index (χ3n) is 3.35. The molecule has 0 amide bonds. The van der Waals surface area contributed by atoms with Gasteiger partial charge in [0.05, 0.1) is 25.5 Å². The van der Waals surface area contributed by atoms with E-state index in [4.69, 9.17) is 4.74 Å². The van der Waals surface area contributed by atoms with Crippen molar-refractivity contribution in [2.24, 2.45) is 0 Å². The van der Waals surface area contributed by atoms with Crippen LogP contribution in [0.4, 0.5) is 0 Å². The number of rotatable bonds is 6. The van der Waals surface area contributed by atoms with Crippen LogP contribution in [-0.2, 0) is 24.5 Å². The van der Waals surface area contributed by atoms with Crippen molar-refractivity contribution in [3.05, 3.63) is 83.6 Å². The van der Waals surface area contributed by atoms with Crippen LogP contribution in [0.3, 0.4) is 0 Å². The summed E-state index contributed by atoms with van der Waals surface area (Å²) in [6, 6.07) is 21.6. The molecule has 0 fully saturated rings. The number of aromatic hydroxyl groups is 1. The third-order valence-corrected chi connectivity index (χ3v) is 3.35. The molecule has 1 aromatic heterocycles. The van der Waals surface area contributed by atoms with Crippen LogP contribution in [0.5, 0.6) is 5.88 Å². The Balaban J connectivity index is 1.58. The minimum absolute atomic E-state index is 0.155. The van der Waals surface area contributed by atoms with E-state index < -0.39 is 0 Å². The molecule has 1 heterocycles. The number of hydrogen-bond donors (Lipinski definition) is 1. The smallest absolute Gasteiger partial charge is 0.209 e. The van der Waals surface area contributed by atoms with Crippen LogP contribution in [-0.4, -0.2) is 14.9 Å². The highest BCUT2D eigenvalue weighted by Gasteiger charge is 2.07. The van der Waals surface area contributed by atoms with Crippen LogP contribution in [0.15, 0.2) is 66.7 Å². The molecule has 0 atom stereocenters. The van der Waals surface area contributed by atoms with Gasteiger partial charge in [-0.25, -0.2) is 4.68 Å². The van der Waals surface area contributed by atoms with Crippen molar-refractivity contribution in [1.29, 1.82) is 0 Å². The van der Waals surface area contributed by atoms with Gasteiger partial charge < -0.3 is 9.84 Å². The standard InChI is InChI=1S/C18H18N2O2/c21-18-11-17(14-22-13-16-9-5-2-6-10-16)19-20(18)12-15-7-3-1-4-8-15/h1-11,21H,12-14H2. The summed E-state index contributed by atoms with van der Waals surface area (Å²) in [7, 11) is 0. The molecule has 0 aliphatic carbocycles. The summed E-state index contributed by atoms with van der Waals surface area (Å²) < 4.78 is 7.22. The molecule has 0 radical (unpaired) electrons. The van der Waals surface area contributed by atoms with Gasteiger partial charge in [-0.2, -0.15) is 5.10 Å². The van der Waals surface area contributed by atoms with Gasteiger partial charge in [0.25, 0.3) is 0 Å². The topological polar surface area (TPSA) is 47.3 Å². The minimum atomic E-state index is 0.155. The molecule has 112 valence electrons. The summed E-state index contributed by atoms with van der Waals surface area (Å²) in [5, 5.41) is 14.3. The maximum Gasteiger partial charge on any atom is 0.209 e. The van der Waals surface area contributed by atoms with Gasteiger partial charge in [0.1, 0.15) is 0 Å². The zero-order chi connectivity index (χ0) is 15.2. The summed E-state index contributed by atoms with van der Waals surface area (Å²) in [5.41, 5.74) is 2.94. The maximum atomic E-state index is 9.95. The van der Waals surface area contributed by atoms with Gasteiger partial charge >= 0.3 is 0 Å². The van der Waals surface area contributed by atoms with Gasteiger partial charge in [-0.05, 0) is 11.1 Å². The summed E-state index contributed by atoms with van der Waals surface area (Å²) in [6.07, 6.45) is 0. The van der Waals surface area contributed by atoms with Crippen molar-refractivity contribution in [2.75, 3.05) is 0 Å². The highest BCUT2D eigenvalue weighted by Crippen LogP contribution is 2.15. The van der Waals surface area contributed by atoms with E-state index in [-0.39, 0.29) is 5.88 Å². The zero-order valence-corrected chi connectivity index (χ0v) is 12.2. The van der Waals surface area contributed by atoms with E-state index in [9.17, 15) is 5.11 Å². The first kappa shape index (κ1) is 14.4. The Labute approximate surface area is 129 Å². The van der Waals surface area contributed by atoms with Crippen molar-refractivity contribution >= 4 is 0 Å². The fourth-order valence-corrected chi connectivity index (χ4v) is 2.25. The Kier molecular flexibility index (Phi) is 4.51. The van der Waals surface area contributed by atoms with E-state index in [1.54, 1.807) is 10.7 Å². The molecular weight excluding hydrogens is 276 g/mol. The van der Waals surface area contributed by atoms with Crippen LogP contribution in [0.1, 0.15) is 16.8 Å². The Morgan fingerprint density at radius 2 is 1.50 bits per heavy atom. The predicted octanol–water partition coefficient (Wildman–Crippen LogP) is 3.35. The predicted molar refractivity (Wildman–Crippen MR) is 84.4 cm³/mol. The second-order valence-corrected chi connectivity index (χ2v) is 5.12. The second kappa shape index (κ2) is 6.91. The molecule has 3 aromatic rings. The van der Waals surface area contributed by atoms with E-state index in [1.165, 1.54) is 0 Å². The van der Waals surface area contributed by atoms with Crippen LogP contribution < -0.4 is 0 Å². The average Bonchev–Trinajstić information content (AvgIpc) is 2.89. The summed E-state index contributed by atoms with van der Waals surface area (Å²) in [5.74, 6) is 0.155. The van der Waals surface area contributed by atoms with Crippen LogP contribution >= 0.6 is 0 Å². The SMILES string of the molecule is Oc1cc(COCc2ccccc2)nn1Cc1ccccc1. The molecule has 0 bridgehead atoms. The fourth-order valence-electron chi connectivity index (χ4n) is 2.25. The van der Waals surface area contributed by atoms with E-state index in [1.807, 2.05) is 60.7 Å². The molecule has 0 saturated carbocycles. The highest BCUT2D eigenvalue weighted by atomic mass is 16.5. The Morgan fingerprint density at radius 3 is 2.18 bits per heavy atom. The van der Waals surface area contributed by atoms with Crippen LogP contribution in [0.2, 0.25) is 0 Å². The summed E-state index contributed by atoms with van der Waals surface area (Å²) >= 11 is 0. The van der Waals surface area contributed by atoms with Gasteiger partial charge in [0.15, 0.2) is 0 Å². The van der Waals surface area contributed by atoms with Gasteiger partial charge in [0, 0.05) is 6.07 Å². The minimum Gasteiger partial charge on any atom is -0.493 e. The average molecular weight is 294 g/mol. The van der Waals surface area contributed by atoms with Gasteiger partial charge in [0.2, 0.25) is 5.88 Å². The zero-order valence-electron chi connectivity index (χ0n) is 12.2. The Hall–Kier alpha value is -2.59. The lowest BCUT2D eigenvalue weighted by atomic mass is 10.2. The number of hydrogen-bond acceptors (Lipinski definition) is 3. The number of benzene rings is 2. The van der Waals surface area contributed by atoms with Crippen molar-refractivity contribution in [1.82, 2.24) is 9.78 Å². The maximum absolute atomic E-state index is 9.95. The largest absolute Gasteiger partial charge is 0.493 e. The Morgan fingerprint density at radius 1 is 0.864 bits per heavy atom. The number of nitrogens with zero attached hydrogens (tertiary/aromatic N) is 2. The van der Waals surface area contributed by atoms with Crippen LogP contribution in [0.25, 0.3) is 0 Å². The quantitative estimate of drug-likeness (QED) is 0.758.